The molecule has 5 atom stereocenters. The van der Waals surface area contributed by atoms with Gasteiger partial charge in [-0.2, -0.15) is 0 Å². The molecule has 126 valence electrons. The second-order valence-electron chi connectivity index (χ2n) is 7.95. The van der Waals surface area contributed by atoms with E-state index in [1.54, 1.807) is 11.1 Å². The molecule has 3 aliphatic carbocycles. The Morgan fingerprint density at radius 3 is 2.91 bits per heavy atom. The fourth-order valence-electron chi connectivity index (χ4n) is 6.00. The molecule has 1 aromatic carbocycles. The van der Waals surface area contributed by atoms with E-state index in [1.165, 1.54) is 38.5 Å². The molecule has 23 heavy (non-hydrogen) atoms. The summed E-state index contributed by atoms with van der Waals surface area (Å²) in [6.45, 7) is 5.45. The Labute approximate surface area is 150 Å². The summed E-state index contributed by atoms with van der Waals surface area (Å²) in [5.41, 5.74) is 3.85. The number of ether oxygens (including phenoxy) is 1. The van der Waals surface area contributed by atoms with E-state index in [2.05, 4.69) is 36.6 Å². The molecule has 0 saturated heterocycles. The molecule has 4 rings (SSSR count). The zero-order valence-electron chi connectivity index (χ0n) is 14.5. The Balaban J connectivity index is 1.64. The van der Waals surface area contributed by atoms with Crippen LogP contribution >= 0.6 is 20.7 Å². The van der Waals surface area contributed by atoms with Crippen LogP contribution in [-0.4, -0.2) is 15.0 Å². The molecule has 2 saturated carbocycles. The molecule has 3 aliphatic rings. The number of hydrogen-bond donors (Lipinski definition) is 0. The van der Waals surface area contributed by atoms with Crippen LogP contribution in [0.1, 0.15) is 63.0 Å². The molecule has 0 aliphatic heterocycles. The zero-order chi connectivity index (χ0) is 16.0. The van der Waals surface area contributed by atoms with Crippen molar-refractivity contribution in [3.05, 3.63) is 29.3 Å². The third kappa shape index (κ3) is 2.51. The van der Waals surface area contributed by atoms with Crippen molar-refractivity contribution in [2.45, 2.75) is 62.2 Å². The summed E-state index contributed by atoms with van der Waals surface area (Å²) < 4.78 is 11.1. The lowest BCUT2D eigenvalue weighted by molar-refractivity contribution is 0.0654. The first-order valence-electron chi connectivity index (χ1n) is 9.30. The largest absolute Gasteiger partial charge is 0.494 e. The number of benzene rings is 1. The van der Waals surface area contributed by atoms with Crippen LogP contribution < -0.4 is 4.74 Å². The topological polar surface area (TPSA) is 9.23 Å². The van der Waals surface area contributed by atoms with E-state index in [1.807, 2.05) is 0 Å². The maximum Gasteiger partial charge on any atom is 0.119 e. The molecule has 0 radical (unpaired) electrons. The number of hydrogen-bond acceptors (Lipinski definition) is 1. The third-order valence-corrected chi connectivity index (χ3v) is 10.2. The standard InChI is InChI=1S/C21H29IO/c1-4-23-15-6-8-16-14(13-15)5-7-18-17(16)11-12-21(2)19(18)9-10-20(21)22-3/h6,8,13,17-20H,3-5,7,9-12H2,1-2H3/t17-,18-,19+,20+,21+/m1/s1. The first-order chi connectivity index (χ1) is 11.2. The fourth-order valence-corrected chi connectivity index (χ4v) is 8.58. The van der Waals surface area contributed by atoms with E-state index in [0.717, 1.165) is 34.0 Å². The van der Waals surface area contributed by atoms with Crippen molar-refractivity contribution in [1.29, 1.82) is 0 Å². The minimum atomic E-state index is 0.154. The summed E-state index contributed by atoms with van der Waals surface area (Å²) in [6.07, 6.45) is 8.44. The van der Waals surface area contributed by atoms with Gasteiger partial charge in [0.1, 0.15) is 5.75 Å². The summed E-state index contributed by atoms with van der Waals surface area (Å²) in [5.74, 6) is 3.77. The van der Waals surface area contributed by atoms with E-state index < -0.39 is 0 Å². The van der Waals surface area contributed by atoms with Crippen LogP contribution in [0.5, 0.6) is 5.75 Å². The Hall–Kier alpha value is -0.380. The van der Waals surface area contributed by atoms with Crippen LogP contribution in [0.25, 0.3) is 0 Å². The molecule has 2 fully saturated rings. The van der Waals surface area contributed by atoms with E-state index in [4.69, 9.17) is 4.74 Å². The second-order valence-corrected chi connectivity index (χ2v) is 10.3. The summed E-state index contributed by atoms with van der Waals surface area (Å²) >= 11 is 0.154. The predicted octanol–water partition coefficient (Wildman–Crippen LogP) is 5.71. The van der Waals surface area contributed by atoms with Crippen LogP contribution in [-0.2, 0) is 6.42 Å². The van der Waals surface area contributed by atoms with E-state index in [0.29, 0.717) is 5.41 Å². The molecule has 0 spiro atoms. The molecule has 0 heterocycles. The Kier molecular flexibility index (Phi) is 4.32. The average molecular weight is 424 g/mol. The average Bonchev–Trinajstić information content (AvgIpc) is 2.91. The van der Waals surface area contributed by atoms with Crippen molar-refractivity contribution in [3.63, 3.8) is 0 Å². The lowest BCUT2D eigenvalue weighted by Crippen LogP contribution is -2.42. The van der Waals surface area contributed by atoms with Crippen molar-refractivity contribution in [1.82, 2.24) is 0 Å². The van der Waals surface area contributed by atoms with Gasteiger partial charge >= 0.3 is 0 Å². The van der Waals surface area contributed by atoms with Gasteiger partial charge in [-0.3, -0.25) is 0 Å². The highest BCUT2D eigenvalue weighted by atomic mass is 127. The Morgan fingerprint density at radius 2 is 2.13 bits per heavy atom. The highest BCUT2D eigenvalue weighted by Crippen LogP contribution is 2.63. The smallest absolute Gasteiger partial charge is 0.119 e. The first-order valence-corrected chi connectivity index (χ1v) is 12.1. The summed E-state index contributed by atoms with van der Waals surface area (Å²) in [4.78, 5) is 0. The number of aryl methyl sites for hydroxylation is 1. The highest BCUT2D eigenvalue weighted by Gasteiger charge is 2.54. The highest BCUT2D eigenvalue weighted by molar-refractivity contribution is 14.2. The van der Waals surface area contributed by atoms with Gasteiger partial charge in [0.2, 0.25) is 0 Å². The molecule has 2 heteroatoms. The SMILES string of the molecule is C=I[C@H]1CC[C@H]2[C@@H]3CCc4cc(OCC)ccc4[C@H]3CC[C@]12C. The van der Waals surface area contributed by atoms with Gasteiger partial charge in [-0.05, 0) is 91.9 Å². The molecule has 0 amide bonds. The van der Waals surface area contributed by atoms with Crippen molar-refractivity contribution < 1.29 is 4.74 Å². The normalized spacial score (nSPS) is 38.5. The lowest BCUT2D eigenvalue weighted by Gasteiger charge is -2.50. The van der Waals surface area contributed by atoms with Gasteiger partial charge in [-0.25, -0.2) is 0 Å². The van der Waals surface area contributed by atoms with Crippen LogP contribution in [0.15, 0.2) is 18.2 Å². The second kappa shape index (κ2) is 6.16. The van der Waals surface area contributed by atoms with E-state index in [-0.39, 0.29) is 20.7 Å². The Morgan fingerprint density at radius 1 is 1.26 bits per heavy atom. The van der Waals surface area contributed by atoms with Gasteiger partial charge < -0.3 is 4.74 Å². The van der Waals surface area contributed by atoms with Crippen molar-refractivity contribution in [2.75, 3.05) is 6.61 Å². The molecule has 0 bridgehead atoms. The zero-order valence-corrected chi connectivity index (χ0v) is 16.6. The number of fused-ring (bicyclic) bond motifs is 5. The Bertz CT molecular complexity index is 610. The molecule has 0 unspecified atom stereocenters. The van der Waals surface area contributed by atoms with Crippen molar-refractivity contribution in [2.24, 2.45) is 17.3 Å². The summed E-state index contributed by atoms with van der Waals surface area (Å²) in [6, 6.07) is 6.92. The van der Waals surface area contributed by atoms with E-state index in [9.17, 15) is 0 Å². The van der Waals surface area contributed by atoms with Crippen LogP contribution in [0.4, 0.5) is 0 Å². The minimum Gasteiger partial charge on any atom is -0.494 e. The number of rotatable bonds is 3. The third-order valence-electron chi connectivity index (χ3n) is 7.08. The number of halogens is 1. The first kappa shape index (κ1) is 16.1. The molecular weight excluding hydrogens is 395 g/mol. The molecular formula is C21H29IO. The van der Waals surface area contributed by atoms with Gasteiger partial charge in [-0.15, -0.1) is 20.7 Å². The van der Waals surface area contributed by atoms with Crippen LogP contribution in [0.2, 0.25) is 0 Å². The summed E-state index contributed by atoms with van der Waals surface area (Å²) in [7, 11) is 0. The molecule has 0 aromatic heterocycles. The van der Waals surface area contributed by atoms with Gasteiger partial charge in [0.25, 0.3) is 0 Å². The minimum absolute atomic E-state index is 0.154. The van der Waals surface area contributed by atoms with Gasteiger partial charge in [0.15, 0.2) is 0 Å². The number of alkyl halides is 1. The predicted molar refractivity (Wildman–Crippen MR) is 107 cm³/mol. The summed E-state index contributed by atoms with van der Waals surface area (Å²) in [5, 5.41) is 0. The maximum absolute atomic E-state index is 5.72. The fraction of sp³-hybridized carbons (Fsp3) is 0.667. The van der Waals surface area contributed by atoms with Crippen LogP contribution in [0.3, 0.4) is 0 Å². The molecule has 1 nitrogen and oxygen atoms in total. The van der Waals surface area contributed by atoms with Crippen molar-refractivity contribution >= 4 is 25.2 Å². The van der Waals surface area contributed by atoms with Gasteiger partial charge in [-0.1, -0.05) is 17.5 Å². The van der Waals surface area contributed by atoms with Crippen molar-refractivity contribution in [3.8, 4) is 5.75 Å². The monoisotopic (exact) mass is 424 g/mol. The van der Waals surface area contributed by atoms with Gasteiger partial charge in [0, 0.05) is 3.92 Å². The molecule has 1 aromatic rings. The molecule has 0 N–H and O–H groups in total. The maximum atomic E-state index is 5.72. The van der Waals surface area contributed by atoms with Gasteiger partial charge in [0.05, 0.1) is 6.61 Å². The van der Waals surface area contributed by atoms with Crippen LogP contribution in [0, 0.1) is 17.3 Å². The quantitative estimate of drug-likeness (QED) is 0.446. The van der Waals surface area contributed by atoms with E-state index >= 15 is 0 Å². The lowest BCUT2D eigenvalue weighted by atomic mass is 9.56.